The van der Waals surface area contributed by atoms with Crippen molar-refractivity contribution in [1.29, 1.82) is 0 Å². The van der Waals surface area contributed by atoms with Crippen LogP contribution in [0.1, 0.15) is 35.7 Å². The molecule has 0 bridgehead atoms. The zero-order valence-electron chi connectivity index (χ0n) is 15.5. The van der Waals surface area contributed by atoms with Gasteiger partial charge >= 0.3 is 0 Å². The van der Waals surface area contributed by atoms with Crippen LogP contribution in [0.2, 0.25) is 5.02 Å². The topological polar surface area (TPSA) is 30.3 Å². The number of pyridine rings is 1. The third-order valence-corrected chi connectivity index (χ3v) is 5.44. The predicted octanol–water partition coefficient (Wildman–Crippen LogP) is 4.99. The highest BCUT2D eigenvalue weighted by molar-refractivity contribution is 6.30. The number of ether oxygens (including phenoxy) is 1. The number of benzene rings is 1. The van der Waals surface area contributed by atoms with Crippen molar-refractivity contribution in [1.82, 2.24) is 14.5 Å². The number of aromatic nitrogens is 2. The van der Waals surface area contributed by atoms with E-state index in [-0.39, 0.29) is 0 Å². The molecule has 0 amide bonds. The smallest absolute Gasteiger partial charge is 0.124 e. The fourth-order valence-corrected chi connectivity index (χ4v) is 4.04. The number of nitrogens with zero attached hydrogens (tertiary/aromatic N) is 3. The van der Waals surface area contributed by atoms with Crippen molar-refractivity contribution in [3.63, 3.8) is 0 Å². The fraction of sp³-hybridized carbons (Fsp3) is 0.318. The highest BCUT2D eigenvalue weighted by Gasteiger charge is 2.28. The van der Waals surface area contributed by atoms with Crippen LogP contribution in [-0.2, 0) is 20.2 Å². The molecule has 4 nitrogen and oxygen atoms in total. The van der Waals surface area contributed by atoms with E-state index in [2.05, 4.69) is 39.8 Å². The van der Waals surface area contributed by atoms with Gasteiger partial charge in [-0.1, -0.05) is 17.7 Å². The summed E-state index contributed by atoms with van der Waals surface area (Å²) in [7, 11) is 2.12. The van der Waals surface area contributed by atoms with Gasteiger partial charge in [0.1, 0.15) is 12.4 Å². The molecule has 0 spiro atoms. The lowest BCUT2D eigenvalue weighted by atomic mass is 10.1. The molecule has 0 saturated carbocycles. The predicted molar refractivity (Wildman–Crippen MR) is 108 cm³/mol. The van der Waals surface area contributed by atoms with Crippen molar-refractivity contribution in [2.75, 3.05) is 6.54 Å². The van der Waals surface area contributed by atoms with E-state index in [1.165, 1.54) is 18.5 Å². The minimum absolute atomic E-state index is 0.440. The van der Waals surface area contributed by atoms with Crippen LogP contribution in [0.5, 0.6) is 5.75 Å². The molecule has 1 saturated heterocycles. The second-order valence-electron chi connectivity index (χ2n) is 7.07. The zero-order chi connectivity index (χ0) is 18.6. The maximum atomic E-state index is 6.29. The van der Waals surface area contributed by atoms with E-state index in [1.54, 1.807) is 6.20 Å². The lowest BCUT2D eigenvalue weighted by Gasteiger charge is -2.26. The van der Waals surface area contributed by atoms with Crippen molar-refractivity contribution in [2.45, 2.75) is 32.0 Å². The van der Waals surface area contributed by atoms with Crippen LogP contribution in [0, 0.1) is 0 Å². The summed E-state index contributed by atoms with van der Waals surface area (Å²) in [5, 5.41) is 0.744. The van der Waals surface area contributed by atoms with Gasteiger partial charge in [0.15, 0.2) is 0 Å². The van der Waals surface area contributed by atoms with E-state index >= 15 is 0 Å². The molecule has 140 valence electrons. The summed E-state index contributed by atoms with van der Waals surface area (Å²) in [5.74, 6) is 0.890. The quantitative estimate of drug-likeness (QED) is 0.602. The van der Waals surface area contributed by atoms with Gasteiger partial charge in [0.2, 0.25) is 0 Å². The summed E-state index contributed by atoms with van der Waals surface area (Å²) in [6.45, 7) is 2.42. The van der Waals surface area contributed by atoms with Crippen molar-refractivity contribution >= 4 is 11.6 Å². The molecule has 0 aliphatic carbocycles. The second kappa shape index (κ2) is 8.15. The molecule has 3 aromatic rings. The molecule has 1 atom stereocenters. The minimum atomic E-state index is 0.440. The molecule has 0 unspecified atom stereocenters. The highest BCUT2D eigenvalue weighted by Crippen LogP contribution is 2.35. The van der Waals surface area contributed by atoms with Crippen LogP contribution >= 0.6 is 11.6 Å². The summed E-state index contributed by atoms with van der Waals surface area (Å²) in [5.41, 5.74) is 3.56. The number of likely N-dealkylation sites (tertiary alicyclic amines) is 1. The molecule has 0 radical (unpaired) electrons. The lowest BCUT2D eigenvalue weighted by molar-refractivity contribution is 0.232. The first-order chi connectivity index (χ1) is 13.2. The molecular weight excluding hydrogens is 358 g/mol. The monoisotopic (exact) mass is 381 g/mol. The molecule has 3 heterocycles. The Hall–Kier alpha value is -2.30. The molecule has 1 aliphatic heterocycles. The Morgan fingerprint density at radius 3 is 2.93 bits per heavy atom. The van der Waals surface area contributed by atoms with E-state index in [4.69, 9.17) is 16.3 Å². The summed E-state index contributed by atoms with van der Waals surface area (Å²) < 4.78 is 8.33. The van der Waals surface area contributed by atoms with Crippen LogP contribution in [-0.4, -0.2) is 21.0 Å². The Balaban J connectivity index is 1.52. The average molecular weight is 382 g/mol. The van der Waals surface area contributed by atoms with E-state index in [1.807, 2.05) is 36.5 Å². The molecule has 1 aliphatic rings. The number of hydrogen-bond acceptors (Lipinski definition) is 3. The molecule has 1 aromatic carbocycles. The van der Waals surface area contributed by atoms with Crippen molar-refractivity contribution < 1.29 is 4.74 Å². The van der Waals surface area contributed by atoms with Crippen LogP contribution in [0.15, 0.2) is 61.1 Å². The van der Waals surface area contributed by atoms with Gasteiger partial charge in [0, 0.05) is 54.0 Å². The fourth-order valence-electron chi connectivity index (χ4n) is 3.85. The largest absolute Gasteiger partial charge is 0.489 e. The Labute approximate surface area is 165 Å². The number of hydrogen-bond donors (Lipinski definition) is 0. The maximum Gasteiger partial charge on any atom is 0.124 e. The van der Waals surface area contributed by atoms with Crippen molar-refractivity contribution in [2.24, 2.45) is 7.05 Å². The van der Waals surface area contributed by atoms with Gasteiger partial charge in [-0.2, -0.15) is 0 Å². The molecule has 27 heavy (non-hydrogen) atoms. The maximum absolute atomic E-state index is 6.29. The number of rotatable bonds is 6. The first-order valence-corrected chi connectivity index (χ1v) is 9.74. The Bertz CT molecular complexity index is 894. The lowest BCUT2D eigenvalue weighted by Crippen LogP contribution is -2.24. The molecule has 5 heteroatoms. The molecule has 1 fully saturated rings. The number of aryl methyl sites for hydroxylation is 1. The molecular formula is C22H24ClN3O. The average Bonchev–Trinajstić information content (AvgIpc) is 3.30. The van der Waals surface area contributed by atoms with E-state index in [9.17, 15) is 0 Å². The second-order valence-corrected chi connectivity index (χ2v) is 7.51. The SMILES string of the molecule is Cn1cccc1[C@@H]1CCCN1Cc1cc(Cl)ccc1OCc1cccnc1. The molecule has 0 N–H and O–H groups in total. The zero-order valence-corrected chi connectivity index (χ0v) is 16.3. The van der Waals surface area contributed by atoms with Gasteiger partial charge in [-0.15, -0.1) is 0 Å². The van der Waals surface area contributed by atoms with Gasteiger partial charge in [-0.3, -0.25) is 9.88 Å². The van der Waals surface area contributed by atoms with E-state index in [0.29, 0.717) is 12.6 Å². The van der Waals surface area contributed by atoms with Gasteiger partial charge in [-0.05, 0) is 55.8 Å². The normalized spacial score (nSPS) is 17.3. The van der Waals surface area contributed by atoms with Crippen LogP contribution in [0.3, 0.4) is 0 Å². The standard InChI is InChI=1S/C22H24ClN3O/c1-25-11-3-6-20(25)21-7-4-12-26(21)15-18-13-19(23)8-9-22(18)27-16-17-5-2-10-24-14-17/h2-3,5-6,8-11,13-14,21H,4,7,12,15-16H2,1H3/t21-/m0/s1. The van der Waals surface area contributed by atoms with Gasteiger partial charge < -0.3 is 9.30 Å². The van der Waals surface area contributed by atoms with Crippen LogP contribution < -0.4 is 4.74 Å². The van der Waals surface area contributed by atoms with Crippen molar-refractivity contribution in [3.8, 4) is 5.75 Å². The summed E-state index contributed by atoms with van der Waals surface area (Å²) in [4.78, 5) is 6.68. The Kier molecular flexibility index (Phi) is 5.46. The first-order valence-electron chi connectivity index (χ1n) is 9.36. The van der Waals surface area contributed by atoms with E-state index < -0.39 is 0 Å². The third-order valence-electron chi connectivity index (χ3n) is 5.20. The summed E-state index contributed by atoms with van der Waals surface area (Å²) in [6, 6.07) is 14.6. The molecule has 4 rings (SSSR count). The Morgan fingerprint density at radius 2 is 2.15 bits per heavy atom. The third kappa shape index (κ3) is 4.18. The number of halogens is 1. The minimum Gasteiger partial charge on any atom is -0.489 e. The highest BCUT2D eigenvalue weighted by atomic mass is 35.5. The molecule has 2 aromatic heterocycles. The van der Waals surface area contributed by atoms with Crippen LogP contribution in [0.4, 0.5) is 0 Å². The van der Waals surface area contributed by atoms with Gasteiger partial charge in [0.25, 0.3) is 0 Å². The van der Waals surface area contributed by atoms with Gasteiger partial charge in [-0.25, -0.2) is 0 Å². The van der Waals surface area contributed by atoms with E-state index in [0.717, 1.165) is 35.0 Å². The Morgan fingerprint density at radius 1 is 1.22 bits per heavy atom. The first kappa shape index (κ1) is 18.1. The van der Waals surface area contributed by atoms with Gasteiger partial charge in [0.05, 0.1) is 6.04 Å². The van der Waals surface area contributed by atoms with Crippen molar-refractivity contribution in [3.05, 3.63) is 82.9 Å². The van der Waals surface area contributed by atoms with Crippen LogP contribution in [0.25, 0.3) is 0 Å². The summed E-state index contributed by atoms with van der Waals surface area (Å²) in [6.07, 6.45) is 8.12. The summed E-state index contributed by atoms with van der Waals surface area (Å²) >= 11 is 6.29.